The molecule has 158 valence electrons. The molecule has 0 radical (unpaired) electrons. The van der Waals surface area contributed by atoms with Gasteiger partial charge in [-0.3, -0.25) is 10.2 Å². The molecule has 0 amide bonds. The van der Waals surface area contributed by atoms with Crippen molar-refractivity contribution in [2.24, 2.45) is 0 Å². The molecule has 3 aromatic carbocycles. The number of aromatic nitrogens is 1. The van der Waals surface area contributed by atoms with Crippen molar-refractivity contribution in [3.8, 4) is 0 Å². The minimum absolute atomic E-state index is 0.155. The molecule has 4 aromatic rings. The van der Waals surface area contributed by atoms with Gasteiger partial charge in [-0.05, 0) is 29.7 Å². The van der Waals surface area contributed by atoms with Crippen molar-refractivity contribution in [3.05, 3.63) is 130 Å². The van der Waals surface area contributed by atoms with Gasteiger partial charge in [0, 0.05) is 11.3 Å². The van der Waals surface area contributed by atoms with Gasteiger partial charge in [0.05, 0.1) is 5.69 Å². The van der Waals surface area contributed by atoms with E-state index in [1.54, 1.807) is 13.0 Å². The molecule has 0 unspecified atom stereocenters. The Morgan fingerprint density at radius 3 is 1.72 bits per heavy atom. The Morgan fingerprint density at radius 1 is 0.875 bits per heavy atom. The van der Waals surface area contributed by atoms with Crippen molar-refractivity contribution in [3.63, 3.8) is 0 Å². The van der Waals surface area contributed by atoms with Gasteiger partial charge in [-0.15, -0.1) is 0 Å². The van der Waals surface area contributed by atoms with Gasteiger partial charge in [0.25, 0.3) is 0 Å². The molecular formula is C27H22ClN3O. The Balaban J connectivity index is 2.07. The lowest BCUT2D eigenvalue weighted by Gasteiger charge is -2.38. The third kappa shape index (κ3) is 3.93. The van der Waals surface area contributed by atoms with Crippen LogP contribution in [0.5, 0.6) is 0 Å². The highest BCUT2D eigenvalue weighted by Gasteiger charge is 2.37. The molecule has 0 atom stereocenters. The second kappa shape index (κ2) is 9.16. The number of carbonyl (C=O) groups excluding carboxylic acids is 1. The lowest BCUT2D eigenvalue weighted by molar-refractivity contribution is -0.102. The molecule has 1 aromatic heterocycles. The first-order valence-corrected chi connectivity index (χ1v) is 10.6. The van der Waals surface area contributed by atoms with Gasteiger partial charge in [0.1, 0.15) is 16.4 Å². The van der Waals surface area contributed by atoms with Crippen LogP contribution in [-0.2, 0) is 10.3 Å². The van der Waals surface area contributed by atoms with Crippen molar-refractivity contribution < 1.29 is 4.79 Å². The smallest absolute Gasteiger partial charge is 0.168 e. The molecule has 4 nitrogen and oxygen atoms in total. The zero-order valence-electron chi connectivity index (χ0n) is 17.5. The number of nitrogens with zero attached hydrogens (tertiary/aromatic N) is 1. The van der Waals surface area contributed by atoms with Crippen molar-refractivity contribution in [1.29, 1.82) is 5.41 Å². The maximum absolute atomic E-state index is 11.6. The molecule has 0 aliphatic carbocycles. The van der Waals surface area contributed by atoms with E-state index < -0.39 is 5.54 Å². The van der Waals surface area contributed by atoms with Gasteiger partial charge in [-0.1, -0.05) is 103 Å². The molecule has 1 heterocycles. The van der Waals surface area contributed by atoms with Crippen LogP contribution in [0.2, 0.25) is 5.15 Å². The fraction of sp³-hybridized carbons (Fsp3) is 0.0741. The van der Waals surface area contributed by atoms with E-state index in [2.05, 4.69) is 46.7 Å². The Labute approximate surface area is 192 Å². The van der Waals surface area contributed by atoms with Crippen LogP contribution in [0.4, 0.5) is 5.69 Å². The lowest BCUT2D eigenvalue weighted by atomic mass is 9.76. The zero-order chi connectivity index (χ0) is 22.6. The molecule has 0 saturated heterocycles. The number of halogens is 1. The molecule has 0 saturated carbocycles. The van der Waals surface area contributed by atoms with E-state index in [1.807, 2.05) is 54.6 Å². The van der Waals surface area contributed by atoms with E-state index in [0.717, 1.165) is 16.7 Å². The third-order valence-electron chi connectivity index (χ3n) is 5.50. The first kappa shape index (κ1) is 21.5. The van der Waals surface area contributed by atoms with Crippen LogP contribution in [0.25, 0.3) is 0 Å². The van der Waals surface area contributed by atoms with Crippen LogP contribution in [0.1, 0.15) is 27.9 Å². The summed E-state index contributed by atoms with van der Waals surface area (Å²) in [4.78, 5) is 15.8. The van der Waals surface area contributed by atoms with Crippen LogP contribution in [0, 0.1) is 12.3 Å². The molecule has 0 fully saturated rings. The summed E-state index contributed by atoms with van der Waals surface area (Å²) < 4.78 is 0. The summed E-state index contributed by atoms with van der Waals surface area (Å²) in [5.74, 6) is 0. The molecule has 0 bridgehead atoms. The molecule has 32 heavy (non-hydrogen) atoms. The predicted molar refractivity (Wildman–Crippen MR) is 130 cm³/mol. The molecule has 0 aliphatic heterocycles. The fourth-order valence-corrected chi connectivity index (χ4v) is 4.35. The molecule has 5 heteroatoms. The summed E-state index contributed by atoms with van der Waals surface area (Å²) in [6.45, 7) is 1.75. The molecular weight excluding hydrogens is 418 g/mol. The van der Waals surface area contributed by atoms with E-state index >= 15 is 0 Å². The number of nitrogens with one attached hydrogen (secondary N) is 2. The number of anilines is 1. The summed E-state index contributed by atoms with van der Waals surface area (Å²) in [6.07, 6.45) is 0.526. The number of hydrogen-bond donors (Lipinski definition) is 2. The minimum Gasteiger partial charge on any atom is -0.367 e. The molecule has 0 spiro atoms. The summed E-state index contributed by atoms with van der Waals surface area (Å²) >= 11 is 6.33. The monoisotopic (exact) mass is 439 g/mol. The van der Waals surface area contributed by atoms with Gasteiger partial charge >= 0.3 is 0 Å². The highest BCUT2D eigenvalue weighted by atomic mass is 35.5. The normalized spacial score (nSPS) is 11.1. The Kier molecular flexibility index (Phi) is 6.15. The van der Waals surface area contributed by atoms with Crippen molar-refractivity contribution in [2.75, 3.05) is 5.32 Å². The topological polar surface area (TPSA) is 65.8 Å². The first-order chi connectivity index (χ1) is 15.6. The second-order valence-corrected chi connectivity index (χ2v) is 7.84. The second-order valence-electron chi connectivity index (χ2n) is 7.46. The Bertz CT molecular complexity index is 1150. The Hall–Kier alpha value is -3.76. The quantitative estimate of drug-likeness (QED) is 0.160. The number of aryl methyl sites for hydroxylation is 1. The highest BCUT2D eigenvalue weighted by Crippen LogP contribution is 2.41. The van der Waals surface area contributed by atoms with Gasteiger partial charge in [0.15, 0.2) is 6.29 Å². The van der Waals surface area contributed by atoms with Crippen LogP contribution in [0.15, 0.2) is 97.1 Å². The van der Waals surface area contributed by atoms with Gasteiger partial charge in [0.2, 0.25) is 0 Å². The summed E-state index contributed by atoms with van der Waals surface area (Å²) in [5, 5.41) is 12.2. The average molecular weight is 440 g/mol. The van der Waals surface area contributed by atoms with Crippen LogP contribution in [-0.4, -0.2) is 17.0 Å². The van der Waals surface area contributed by atoms with Gasteiger partial charge in [-0.2, -0.15) is 0 Å². The standard InChI is InChI=1S/C27H22ClN3O/c1-19-26(23(29)18-32)24(17-25(28)30-19)31-27(20-11-5-2-6-12-20,21-13-7-3-8-14-21)22-15-9-4-10-16-22/h2-18,29H,1H3,(H,30,31). The van der Waals surface area contributed by atoms with E-state index in [-0.39, 0.29) is 10.9 Å². The number of benzene rings is 3. The van der Waals surface area contributed by atoms with Crippen molar-refractivity contribution in [1.82, 2.24) is 4.98 Å². The van der Waals surface area contributed by atoms with Crippen molar-refractivity contribution >= 4 is 29.3 Å². The Morgan fingerprint density at radius 2 is 1.31 bits per heavy atom. The van der Waals surface area contributed by atoms with Gasteiger partial charge < -0.3 is 5.32 Å². The summed E-state index contributed by atoms with van der Waals surface area (Å²) in [5.41, 5.74) is 3.56. The molecule has 0 aliphatic rings. The first-order valence-electron chi connectivity index (χ1n) is 10.2. The van der Waals surface area contributed by atoms with Crippen molar-refractivity contribution in [2.45, 2.75) is 12.5 Å². The highest BCUT2D eigenvalue weighted by molar-refractivity contribution is 6.37. The fourth-order valence-electron chi connectivity index (χ4n) is 4.12. The van der Waals surface area contributed by atoms with E-state index in [9.17, 15) is 4.79 Å². The SMILES string of the molecule is Cc1nc(Cl)cc(NC(c2ccccc2)(c2ccccc2)c2ccccc2)c1C(=N)C=O. The number of aldehydes is 1. The predicted octanol–water partition coefficient (Wildman–Crippen LogP) is 6.01. The maximum Gasteiger partial charge on any atom is 0.168 e. The molecule has 4 rings (SSSR count). The van der Waals surface area contributed by atoms with E-state index in [1.165, 1.54) is 0 Å². The van der Waals surface area contributed by atoms with Gasteiger partial charge in [-0.25, -0.2) is 4.98 Å². The maximum atomic E-state index is 11.6. The molecule has 2 N–H and O–H groups in total. The lowest BCUT2D eigenvalue weighted by Crippen LogP contribution is -2.38. The van der Waals surface area contributed by atoms with Crippen LogP contribution < -0.4 is 5.32 Å². The number of pyridine rings is 1. The number of rotatable bonds is 7. The van der Waals surface area contributed by atoms with Crippen LogP contribution in [0.3, 0.4) is 0 Å². The third-order valence-corrected chi connectivity index (χ3v) is 5.69. The van der Waals surface area contributed by atoms with E-state index in [0.29, 0.717) is 23.2 Å². The largest absolute Gasteiger partial charge is 0.367 e. The number of hydrogen-bond acceptors (Lipinski definition) is 4. The average Bonchev–Trinajstić information content (AvgIpc) is 2.83. The minimum atomic E-state index is -0.807. The summed E-state index contributed by atoms with van der Waals surface area (Å²) in [7, 11) is 0. The number of carbonyl (C=O) groups is 1. The summed E-state index contributed by atoms with van der Waals surface area (Å²) in [6, 6.07) is 32.0. The van der Waals surface area contributed by atoms with Crippen LogP contribution >= 0.6 is 11.6 Å². The van der Waals surface area contributed by atoms with E-state index in [4.69, 9.17) is 17.0 Å². The zero-order valence-corrected chi connectivity index (χ0v) is 18.3.